The topological polar surface area (TPSA) is 24.5 Å². The van der Waals surface area contributed by atoms with Crippen LogP contribution in [0.15, 0.2) is 18.2 Å². The van der Waals surface area contributed by atoms with E-state index in [1.165, 1.54) is 0 Å². The molecule has 0 bridgehead atoms. The largest absolute Gasteiger partial charge is 0.381 e. The van der Waals surface area contributed by atoms with Crippen LogP contribution >= 0.6 is 0 Å². The number of anilines is 1. The minimum absolute atomic E-state index is 0.133. The van der Waals surface area contributed by atoms with E-state index in [9.17, 15) is 4.39 Å². The Morgan fingerprint density at radius 2 is 2.10 bits per heavy atom. The molecule has 1 atom stereocenters. The smallest absolute Gasteiger partial charge is 0.146 e. The van der Waals surface area contributed by atoms with E-state index in [4.69, 9.17) is 4.74 Å². The molecule has 1 N–H and O–H groups in total. The van der Waals surface area contributed by atoms with Crippen LogP contribution in [0.4, 0.5) is 10.1 Å². The van der Waals surface area contributed by atoms with Crippen LogP contribution in [-0.4, -0.2) is 32.8 Å². The summed E-state index contributed by atoms with van der Waals surface area (Å²) in [5.41, 5.74) is 1.69. The maximum Gasteiger partial charge on any atom is 0.146 e. The summed E-state index contributed by atoms with van der Waals surface area (Å²) in [7, 11) is 1.98. The normalized spacial score (nSPS) is 17.7. The third-order valence-electron chi connectivity index (χ3n) is 4.29. The first kappa shape index (κ1) is 16.2. The fraction of sp³-hybridized carbons (Fsp3) is 0.647. The highest BCUT2D eigenvalue weighted by molar-refractivity contribution is 5.50. The molecule has 3 nitrogen and oxygen atoms in total. The highest BCUT2D eigenvalue weighted by Gasteiger charge is 2.21. The molecule has 1 aliphatic rings. The van der Waals surface area contributed by atoms with Gasteiger partial charge >= 0.3 is 0 Å². The van der Waals surface area contributed by atoms with E-state index in [0.717, 1.165) is 44.6 Å². The van der Waals surface area contributed by atoms with Gasteiger partial charge in [-0.15, -0.1) is 0 Å². The van der Waals surface area contributed by atoms with Gasteiger partial charge in [-0.1, -0.05) is 13.0 Å². The molecule has 2 rings (SSSR count). The zero-order valence-corrected chi connectivity index (χ0v) is 13.4. The van der Waals surface area contributed by atoms with E-state index in [2.05, 4.69) is 24.1 Å². The molecular formula is C17H27FN2O. The molecule has 1 unspecified atom stereocenters. The van der Waals surface area contributed by atoms with Gasteiger partial charge in [0.25, 0.3) is 0 Å². The number of ether oxygens (including phenoxy) is 1. The lowest BCUT2D eigenvalue weighted by Gasteiger charge is -2.33. The number of nitrogens with zero attached hydrogens (tertiary/aromatic N) is 1. The van der Waals surface area contributed by atoms with Crippen LogP contribution in [0.3, 0.4) is 0 Å². The van der Waals surface area contributed by atoms with Crippen molar-refractivity contribution >= 4 is 5.69 Å². The van der Waals surface area contributed by atoms with Crippen molar-refractivity contribution in [3.05, 3.63) is 29.6 Å². The summed E-state index contributed by atoms with van der Waals surface area (Å²) in [5, 5.41) is 3.39. The molecule has 21 heavy (non-hydrogen) atoms. The Kier molecular flexibility index (Phi) is 6.00. The second kappa shape index (κ2) is 7.76. The molecule has 0 radical (unpaired) electrons. The van der Waals surface area contributed by atoms with Crippen molar-refractivity contribution in [2.45, 2.75) is 45.2 Å². The summed E-state index contributed by atoms with van der Waals surface area (Å²) >= 11 is 0. The SMILES string of the molecule is CCCNC(C)c1ccc(N(C)C2CCOCC2)c(F)c1. The lowest BCUT2D eigenvalue weighted by molar-refractivity contribution is 0.0853. The van der Waals surface area contributed by atoms with Gasteiger partial charge in [-0.3, -0.25) is 0 Å². The predicted molar refractivity (Wildman–Crippen MR) is 85.4 cm³/mol. The predicted octanol–water partition coefficient (Wildman–Crippen LogP) is 3.50. The van der Waals surface area contributed by atoms with Crippen LogP contribution in [0.5, 0.6) is 0 Å². The molecule has 4 heteroatoms. The van der Waals surface area contributed by atoms with Gasteiger partial charge in [0.2, 0.25) is 0 Å². The van der Waals surface area contributed by atoms with Crippen molar-refractivity contribution in [2.24, 2.45) is 0 Å². The van der Waals surface area contributed by atoms with E-state index in [-0.39, 0.29) is 11.9 Å². The number of halogens is 1. The van der Waals surface area contributed by atoms with Crippen molar-refractivity contribution in [3.63, 3.8) is 0 Å². The summed E-state index contributed by atoms with van der Waals surface area (Å²) in [4.78, 5) is 2.06. The van der Waals surface area contributed by atoms with Crippen LogP contribution in [-0.2, 0) is 4.74 Å². The second-order valence-corrected chi connectivity index (χ2v) is 5.84. The van der Waals surface area contributed by atoms with Crippen molar-refractivity contribution in [1.29, 1.82) is 0 Å². The fourth-order valence-corrected chi connectivity index (χ4v) is 2.83. The Morgan fingerprint density at radius 3 is 2.71 bits per heavy atom. The maximum atomic E-state index is 14.4. The monoisotopic (exact) mass is 294 g/mol. The van der Waals surface area contributed by atoms with Gasteiger partial charge in [0.05, 0.1) is 5.69 Å². The molecule has 1 aromatic carbocycles. The lowest BCUT2D eigenvalue weighted by Crippen LogP contribution is -2.37. The molecule has 1 saturated heterocycles. The first-order valence-electron chi connectivity index (χ1n) is 7.97. The van der Waals surface area contributed by atoms with E-state index in [1.54, 1.807) is 6.07 Å². The fourth-order valence-electron chi connectivity index (χ4n) is 2.83. The number of rotatable bonds is 6. The Bertz CT molecular complexity index is 446. The Hall–Kier alpha value is -1.13. The summed E-state index contributed by atoms with van der Waals surface area (Å²) < 4.78 is 19.8. The zero-order chi connectivity index (χ0) is 15.2. The molecule has 1 heterocycles. The minimum atomic E-state index is -0.133. The molecule has 118 valence electrons. The van der Waals surface area contributed by atoms with Gasteiger partial charge in [0.15, 0.2) is 0 Å². The van der Waals surface area contributed by atoms with Gasteiger partial charge in [0.1, 0.15) is 5.82 Å². The number of nitrogens with one attached hydrogen (secondary N) is 1. The number of benzene rings is 1. The van der Waals surface area contributed by atoms with Crippen LogP contribution in [0.2, 0.25) is 0 Å². The van der Waals surface area contributed by atoms with Gasteiger partial charge in [-0.2, -0.15) is 0 Å². The third kappa shape index (κ3) is 4.17. The Morgan fingerprint density at radius 1 is 1.38 bits per heavy atom. The standard InChI is InChI=1S/C17H27FN2O/c1-4-9-19-13(2)14-5-6-17(16(18)12-14)20(3)15-7-10-21-11-8-15/h5-6,12-13,15,19H,4,7-11H2,1-3H3. The molecule has 1 aliphatic heterocycles. The van der Waals surface area contributed by atoms with Gasteiger partial charge in [-0.25, -0.2) is 4.39 Å². The second-order valence-electron chi connectivity index (χ2n) is 5.84. The van der Waals surface area contributed by atoms with E-state index >= 15 is 0 Å². The van der Waals surface area contributed by atoms with Crippen LogP contribution in [0.1, 0.15) is 44.7 Å². The summed E-state index contributed by atoms with van der Waals surface area (Å²) in [6.07, 6.45) is 3.01. The zero-order valence-electron chi connectivity index (χ0n) is 13.4. The van der Waals surface area contributed by atoms with Gasteiger partial charge in [0, 0.05) is 32.3 Å². The molecule has 0 aliphatic carbocycles. The minimum Gasteiger partial charge on any atom is -0.381 e. The van der Waals surface area contributed by atoms with Crippen molar-refractivity contribution in [1.82, 2.24) is 5.32 Å². The first-order valence-corrected chi connectivity index (χ1v) is 7.97. The number of hydrogen-bond acceptors (Lipinski definition) is 3. The lowest BCUT2D eigenvalue weighted by atomic mass is 10.0. The summed E-state index contributed by atoms with van der Waals surface area (Å²) in [6, 6.07) is 6.15. The third-order valence-corrected chi connectivity index (χ3v) is 4.29. The molecule has 1 fully saturated rings. The van der Waals surface area contributed by atoms with Gasteiger partial charge < -0.3 is 15.0 Å². The Balaban J connectivity index is 2.07. The van der Waals surface area contributed by atoms with E-state index in [1.807, 2.05) is 19.2 Å². The summed E-state index contributed by atoms with van der Waals surface area (Å²) in [6.45, 7) is 6.70. The molecule has 0 aromatic heterocycles. The molecule has 1 aromatic rings. The molecule has 0 spiro atoms. The Labute approximate surface area is 127 Å². The van der Waals surface area contributed by atoms with E-state index < -0.39 is 0 Å². The van der Waals surface area contributed by atoms with E-state index in [0.29, 0.717) is 11.7 Å². The van der Waals surface area contributed by atoms with Crippen molar-refractivity contribution < 1.29 is 9.13 Å². The van der Waals surface area contributed by atoms with Gasteiger partial charge in [-0.05, 0) is 50.4 Å². The highest BCUT2D eigenvalue weighted by atomic mass is 19.1. The molecular weight excluding hydrogens is 267 g/mol. The van der Waals surface area contributed by atoms with Crippen molar-refractivity contribution in [2.75, 3.05) is 31.7 Å². The molecule has 0 saturated carbocycles. The average Bonchev–Trinajstić information content (AvgIpc) is 2.52. The molecule has 0 amide bonds. The highest BCUT2D eigenvalue weighted by Crippen LogP contribution is 2.26. The average molecular weight is 294 g/mol. The maximum absolute atomic E-state index is 14.4. The quantitative estimate of drug-likeness (QED) is 0.869. The summed E-state index contributed by atoms with van der Waals surface area (Å²) in [5.74, 6) is -0.133. The van der Waals surface area contributed by atoms with Crippen LogP contribution in [0.25, 0.3) is 0 Å². The van der Waals surface area contributed by atoms with Crippen molar-refractivity contribution in [3.8, 4) is 0 Å². The number of hydrogen-bond donors (Lipinski definition) is 1. The first-order chi connectivity index (χ1) is 10.1. The van der Waals surface area contributed by atoms with Crippen LogP contribution in [0, 0.1) is 5.82 Å². The van der Waals surface area contributed by atoms with Crippen LogP contribution < -0.4 is 10.2 Å².